The van der Waals surface area contributed by atoms with Crippen LogP contribution in [0.5, 0.6) is 5.75 Å². The number of benzene rings is 2. The van der Waals surface area contributed by atoms with Gasteiger partial charge < -0.3 is 9.64 Å². The summed E-state index contributed by atoms with van der Waals surface area (Å²) in [5.41, 5.74) is 3.47. The number of nitrogens with zero attached hydrogens (tertiary/aromatic N) is 2. The monoisotopic (exact) mass is 402 g/mol. The fourth-order valence-corrected chi connectivity index (χ4v) is 7.24. The van der Waals surface area contributed by atoms with Crippen LogP contribution >= 0.6 is 11.8 Å². The number of ether oxygens (including phenoxy) is 1. The van der Waals surface area contributed by atoms with Crippen molar-refractivity contribution in [3.8, 4) is 5.75 Å². The third kappa shape index (κ3) is 3.84. The number of hydrogen-bond acceptors (Lipinski definition) is 6. The van der Waals surface area contributed by atoms with E-state index in [-0.39, 0.29) is 22.8 Å². The van der Waals surface area contributed by atoms with Crippen molar-refractivity contribution in [2.24, 2.45) is 4.99 Å². The maximum absolute atomic E-state index is 11.9. The van der Waals surface area contributed by atoms with Gasteiger partial charge >= 0.3 is 0 Å². The predicted octanol–water partition coefficient (Wildman–Crippen LogP) is 3.28. The van der Waals surface area contributed by atoms with Crippen LogP contribution < -0.4 is 9.64 Å². The van der Waals surface area contributed by atoms with Gasteiger partial charge in [-0.25, -0.2) is 8.42 Å². The molecule has 0 saturated carbocycles. The lowest BCUT2D eigenvalue weighted by Crippen LogP contribution is -2.28. The molecule has 4 rings (SSSR count). The Balaban J connectivity index is 1.67. The topological polar surface area (TPSA) is 59.0 Å². The molecule has 2 atom stereocenters. The minimum atomic E-state index is -2.96. The highest BCUT2D eigenvalue weighted by atomic mass is 32.2. The molecular formula is C20H22N2O3S2. The second kappa shape index (κ2) is 7.20. The van der Waals surface area contributed by atoms with E-state index in [2.05, 4.69) is 24.0 Å². The van der Waals surface area contributed by atoms with E-state index in [0.717, 1.165) is 16.6 Å². The molecule has 2 aliphatic rings. The third-order valence-corrected chi connectivity index (χ3v) is 8.26. The number of hydrogen-bond donors (Lipinski definition) is 0. The van der Waals surface area contributed by atoms with Crippen molar-refractivity contribution >= 4 is 32.5 Å². The first-order chi connectivity index (χ1) is 12.9. The summed E-state index contributed by atoms with van der Waals surface area (Å²) in [6.07, 6.45) is 0. The maximum Gasteiger partial charge on any atom is 0.164 e. The van der Waals surface area contributed by atoms with Gasteiger partial charge in [-0.15, -0.1) is 0 Å². The predicted molar refractivity (Wildman–Crippen MR) is 112 cm³/mol. The van der Waals surface area contributed by atoms with E-state index in [0.29, 0.717) is 6.54 Å². The highest BCUT2D eigenvalue weighted by Gasteiger charge is 2.44. The molecule has 2 aromatic rings. The molecule has 1 fully saturated rings. The average molecular weight is 403 g/mol. The molecule has 5 nitrogen and oxygen atoms in total. The van der Waals surface area contributed by atoms with Crippen LogP contribution in [0.15, 0.2) is 53.5 Å². The Bertz CT molecular complexity index is 971. The molecule has 2 aliphatic heterocycles. The lowest BCUT2D eigenvalue weighted by molar-refractivity contribution is 0.415. The van der Waals surface area contributed by atoms with Crippen LogP contribution in [0.2, 0.25) is 0 Å². The summed E-state index contributed by atoms with van der Waals surface area (Å²) in [7, 11) is -1.31. The van der Waals surface area contributed by atoms with Gasteiger partial charge in [0, 0.05) is 10.9 Å². The molecule has 2 aromatic carbocycles. The van der Waals surface area contributed by atoms with Crippen molar-refractivity contribution in [2.75, 3.05) is 23.5 Å². The van der Waals surface area contributed by atoms with E-state index in [9.17, 15) is 8.42 Å². The molecule has 0 bridgehead atoms. The van der Waals surface area contributed by atoms with Gasteiger partial charge in [0.05, 0.1) is 31.2 Å². The second-order valence-corrected chi connectivity index (χ2v) is 10.3. The Hall–Kier alpha value is -1.99. The van der Waals surface area contributed by atoms with Gasteiger partial charge in [0.15, 0.2) is 15.0 Å². The summed E-state index contributed by atoms with van der Waals surface area (Å²) in [5, 5.41) is 0.927. The summed E-state index contributed by atoms with van der Waals surface area (Å²) in [4.78, 5) is 6.96. The Morgan fingerprint density at radius 1 is 1.15 bits per heavy atom. The van der Waals surface area contributed by atoms with Crippen LogP contribution in [0.1, 0.15) is 11.1 Å². The van der Waals surface area contributed by atoms with Crippen LogP contribution in [-0.4, -0.2) is 43.5 Å². The molecule has 0 radical (unpaired) electrons. The van der Waals surface area contributed by atoms with E-state index in [1.165, 1.54) is 11.1 Å². The van der Waals surface area contributed by atoms with E-state index in [1.807, 2.05) is 36.4 Å². The number of amidine groups is 1. The first kappa shape index (κ1) is 18.4. The molecule has 0 aromatic heterocycles. The molecule has 2 heterocycles. The van der Waals surface area contributed by atoms with Gasteiger partial charge in [-0.3, -0.25) is 4.99 Å². The zero-order valence-corrected chi connectivity index (χ0v) is 17.0. The first-order valence-corrected chi connectivity index (χ1v) is 11.6. The second-order valence-electron chi connectivity index (χ2n) is 6.92. The van der Waals surface area contributed by atoms with Crippen molar-refractivity contribution in [3.05, 3.63) is 59.7 Å². The van der Waals surface area contributed by atoms with Gasteiger partial charge in [-0.2, -0.15) is 0 Å². The average Bonchev–Trinajstić information content (AvgIpc) is 3.14. The fourth-order valence-electron chi connectivity index (χ4n) is 3.46. The maximum atomic E-state index is 11.9. The van der Waals surface area contributed by atoms with Crippen molar-refractivity contribution in [3.63, 3.8) is 0 Å². The minimum absolute atomic E-state index is 0.0302. The third-order valence-electron chi connectivity index (χ3n) is 5.01. The Labute approximate surface area is 164 Å². The van der Waals surface area contributed by atoms with Gasteiger partial charge in [-0.05, 0) is 42.3 Å². The molecule has 0 amide bonds. The lowest BCUT2D eigenvalue weighted by Gasteiger charge is -2.25. The Morgan fingerprint density at radius 2 is 1.89 bits per heavy atom. The molecule has 142 valence electrons. The number of sulfone groups is 1. The lowest BCUT2D eigenvalue weighted by atomic mass is 10.1. The van der Waals surface area contributed by atoms with E-state index < -0.39 is 9.84 Å². The Morgan fingerprint density at radius 3 is 2.56 bits per heavy atom. The van der Waals surface area contributed by atoms with Crippen molar-refractivity contribution in [1.82, 2.24) is 0 Å². The van der Waals surface area contributed by atoms with Crippen LogP contribution in [0, 0.1) is 6.92 Å². The normalized spacial score (nSPS) is 23.0. The van der Waals surface area contributed by atoms with Crippen molar-refractivity contribution in [2.45, 2.75) is 24.8 Å². The quantitative estimate of drug-likeness (QED) is 0.786. The number of aryl methyl sites for hydroxylation is 1. The number of anilines is 1. The molecule has 7 heteroatoms. The van der Waals surface area contributed by atoms with Gasteiger partial charge in [0.25, 0.3) is 0 Å². The number of aliphatic imine (C=N–C) groups is 1. The number of methoxy groups -OCH3 is 1. The first-order valence-electron chi connectivity index (χ1n) is 8.86. The minimum Gasteiger partial charge on any atom is -0.497 e. The molecule has 0 unspecified atom stereocenters. The highest BCUT2D eigenvalue weighted by molar-refractivity contribution is 8.15. The summed E-state index contributed by atoms with van der Waals surface area (Å²) < 4.78 is 29.0. The molecule has 1 saturated heterocycles. The summed E-state index contributed by atoms with van der Waals surface area (Å²) >= 11 is 1.59. The van der Waals surface area contributed by atoms with Crippen LogP contribution in [0.4, 0.5) is 5.69 Å². The molecular weight excluding hydrogens is 380 g/mol. The van der Waals surface area contributed by atoms with E-state index >= 15 is 0 Å². The zero-order valence-electron chi connectivity index (χ0n) is 15.3. The molecule has 0 N–H and O–H groups in total. The fraction of sp³-hybridized carbons (Fsp3) is 0.350. The van der Waals surface area contributed by atoms with Crippen LogP contribution in [-0.2, 0) is 16.4 Å². The summed E-state index contributed by atoms with van der Waals surface area (Å²) in [6, 6.07) is 16.1. The van der Waals surface area contributed by atoms with Crippen molar-refractivity contribution in [1.29, 1.82) is 0 Å². The van der Waals surface area contributed by atoms with Crippen molar-refractivity contribution < 1.29 is 13.2 Å². The Kier molecular flexibility index (Phi) is 4.90. The van der Waals surface area contributed by atoms with E-state index in [4.69, 9.17) is 9.73 Å². The highest BCUT2D eigenvalue weighted by Crippen LogP contribution is 2.37. The number of fused-ring (bicyclic) bond motifs is 1. The van der Waals surface area contributed by atoms with Crippen LogP contribution in [0.25, 0.3) is 0 Å². The SMILES string of the molecule is COc1ccc(N(Cc2ccccc2C)C2=N[C@H]3CS(=O)(=O)C[C@@H]3S2)cc1. The standard InChI is InChI=1S/C20H22N2O3S2/c1-14-5-3-4-6-15(14)11-22(16-7-9-17(25-2)10-8-16)20-21-18-12-27(23,24)13-19(18)26-20/h3-10,18-19H,11-13H2,1-2H3/t18-,19-/m0/s1. The van der Waals surface area contributed by atoms with Gasteiger partial charge in [0.2, 0.25) is 0 Å². The summed E-state index contributed by atoms with van der Waals surface area (Å²) in [6.45, 7) is 2.80. The molecule has 27 heavy (non-hydrogen) atoms. The van der Waals surface area contributed by atoms with Crippen LogP contribution in [0.3, 0.4) is 0 Å². The largest absolute Gasteiger partial charge is 0.497 e. The zero-order chi connectivity index (χ0) is 19.0. The summed E-state index contributed by atoms with van der Waals surface area (Å²) in [5.74, 6) is 1.18. The molecule has 0 aliphatic carbocycles. The molecule has 0 spiro atoms. The van der Waals surface area contributed by atoms with Gasteiger partial charge in [-0.1, -0.05) is 36.0 Å². The van der Waals surface area contributed by atoms with E-state index in [1.54, 1.807) is 18.9 Å². The van der Waals surface area contributed by atoms with Gasteiger partial charge in [0.1, 0.15) is 5.75 Å². The number of thioether (sulfide) groups is 1. The smallest absolute Gasteiger partial charge is 0.164 e. The number of rotatable bonds is 4.